The van der Waals surface area contributed by atoms with E-state index in [4.69, 9.17) is 16.3 Å². The quantitative estimate of drug-likeness (QED) is 0.814. The number of anilines is 1. The zero-order chi connectivity index (χ0) is 14.4. The highest BCUT2D eigenvalue weighted by Gasteiger charge is 2.19. The van der Waals surface area contributed by atoms with Crippen LogP contribution >= 0.6 is 11.6 Å². The fourth-order valence-electron chi connectivity index (χ4n) is 2.74. The number of piperidine rings is 1. The molecule has 4 heteroatoms. The number of hydrogen-bond donors (Lipinski definition) is 1. The van der Waals surface area contributed by atoms with E-state index in [0.717, 1.165) is 36.8 Å². The van der Waals surface area contributed by atoms with Gasteiger partial charge in [0.1, 0.15) is 0 Å². The van der Waals surface area contributed by atoms with E-state index in [2.05, 4.69) is 35.3 Å². The van der Waals surface area contributed by atoms with E-state index in [0.29, 0.717) is 6.04 Å². The summed E-state index contributed by atoms with van der Waals surface area (Å²) in [5, 5.41) is 4.18. The van der Waals surface area contributed by atoms with Gasteiger partial charge in [-0.2, -0.15) is 0 Å². The first-order valence-corrected chi connectivity index (χ1v) is 7.85. The van der Waals surface area contributed by atoms with E-state index in [1.54, 1.807) is 7.11 Å². The maximum absolute atomic E-state index is 6.41. The zero-order valence-corrected chi connectivity index (χ0v) is 13.2. The number of benzene rings is 1. The summed E-state index contributed by atoms with van der Waals surface area (Å²) >= 11 is 6.41. The highest BCUT2D eigenvalue weighted by molar-refractivity contribution is 6.31. The van der Waals surface area contributed by atoms with Crippen LogP contribution in [0.4, 0.5) is 5.69 Å². The molecule has 1 N–H and O–H groups in total. The lowest BCUT2D eigenvalue weighted by atomic mass is 10.0. The number of nitrogens with zero attached hydrogens (tertiary/aromatic N) is 1. The van der Waals surface area contributed by atoms with Crippen molar-refractivity contribution in [2.24, 2.45) is 0 Å². The summed E-state index contributed by atoms with van der Waals surface area (Å²) in [6.45, 7) is 5.80. The van der Waals surface area contributed by atoms with Crippen molar-refractivity contribution in [2.75, 3.05) is 31.7 Å². The standard InChI is InChI=1S/C16H25ClN2O/c1-13-5-3-4-9-19(13)15-7-6-14(16(17)11-15)12-18-8-10-20-2/h6-7,11,13,18H,3-5,8-10,12H2,1-2H3. The normalized spacial score (nSPS) is 19.4. The predicted molar refractivity (Wildman–Crippen MR) is 85.7 cm³/mol. The summed E-state index contributed by atoms with van der Waals surface area (Å²) in [6, 6.07) is 7.06. The highest BCUT2D eigenvalue weighted by atomic mass is 35.5. The summed E-state index contributed by atoms with van der Waals surface area (Å²) in [5.74, 6) is 0. The smallest absolute Gasteiger partial charge is 0.0587 e. The van der Waals surface area contributed by atoms with Crippen molar-refractivity contribution in [1.29, 1.82) is 0 Å². The first-order valence-electron chi connectivity index (χ1n) is 7.47. The lowest BCUT2D eigenvalue weighted by Crippen LogP contribution is -2.37. The van der Waals surface area contributed by atoms with Crippen molar-refractivity contribution >= 4 is 17.3 Å². The molecule has 20 heavy (non-hydrogen) atoms. The maximum atomic E-state index is 6.41. The first kappa shape index (κ1) is 15.6. The van der Waals surface area contributed by atoms with Gasteiger partial charge in [0, 0.05) is 43.5 Å². The minimum absolute atomic E-state index is 0.616. The Morgan fingerprint density at radius 3 is 2.95 bits per heavy atom. The highest BCUT2D eigenvalue weighted by Crippen LogP contribution is 2.28. The molecule has 0 aliphatic carbocycles. The van der Waals surface area contributed by atoms with E-state index in [-0.39, 0.29) is 0 Å². The molecule has 1 aliphatic heterocycles. The van der Waals surface area contributed by atoms with E-state index in [9.17, 15) is 0 Å². The van der Waals surface area contributed by atoms with Gasteiger partial charge in [0.2, 0.25) is 0 Å². The van der Waals surface area contributed by atoms with Crippen LogP contribution in [-0.2, 0) is 11.3 Å². The van der Waals surface area contributed by atoms with E-state index >= 15 is 0 Å². The lowest BCUT2D eigenvalue weighted by molar-refractivity contribution is 0.199. The molecule has 0 radical (unpaired) electrons. The Morgan fingerprint density at radius 1 is 1.40 bits per heavy atom. The summed E-state index contributed by atoms with van der Waals surface area (Å²) in [6.07, 6.45) is 3.90. The fourth-order valence-corrected chi connectivity index (χ4v) is 2.98. The Morgan fingerprint density at radius 2 is 2.25 bits per heavy atom. The van der Waals surface area contributed by atoms with E-state index < -0.39 is 0 Å². The molecule has 112 valence electrons. The van der Waals surface area contributed by atoms with Gasteiger partial charge in [-0.25, -0.2) is 0 Å². The van der Waals surface area contributed by atoms with Gasteiger partial charge in [0.05, 0.1) is 6.61 Å². The summed E-state index contributed by atoms with van der Waals surface area (Å²) in [5.41, 5.74) is 2.40. The van der Waals surface area contributed by atoms with Gasteiger partial charge >= 0.3 is 0 Å². The zero-order valence-electron chi connectivity index (χ0n) is 12.5. The lowest BCUT2D eigenvalue weighted by Gasteiger charge is -2.35. The van der Waals surface area contributed by atoms with Crippen molar-refractivity contribution in [3.63, 3.8) is 0 Å². The van der Waals surface area contributed by atoms with Crippen molar-refractivity contribution < 1.29 is 4.74 Å². The maximum Gasteiger partial charge on any atom is 0.0587 e. The Bertz CT molecular complexity index is 425. The molecule has 1 aromatic carbocycles. The van der Waals surface area contributed by atoms with Gasteiger partial charge < -0.3 is 15.0 Å². The van der Waals surface area contributed by atoms with Crippen molar-refractivity contribution in [2.45, 2.75) is 38.8 Å². The number of ether oxygens (including phenoxy) is 1. The number of rotatable bonds is 6. The van der Waals surface area contributed by atoms with Crippen molar-refractivity contribution in [3.05, 3.63) is 28.8 Å². The molecule has 1 aliphatic rings. The molecule has 1 fully saturated rings. The van der Waals surface area contributed by atoms with Gasteiger partial charge in [-0.05, 0) is 43.9 Å². The Kier molecular flexibility index (Phi) is 6.14. The molecule has 2 rings (SSSR count). The third-order valence-corrected chi connectivity index (χ3v) is 4.32. The molecule has 1 aromatic rings. The molecule has 1 saturated heterocycles. The first-order chi connectivity index (χ1) is 9.72. The van der Waals surface area contributed by atoms with Gasteiger partial charge in [-0.3, -0.25) is 0 Å². The Labute approximate surface area is 127 Å². The molecular weight excluding hydrogens is 272 g/mol. The molecule has 1 unspecified atom stereocenters. The number of hydrogen-bond acceptors (Lipinski definition) is 3. The molecule has 0 bridgehead atoms. The molecule has 0 aromatic heterocycles. The third-order valence-electron chi connectivity index (χ3n) is 3.97. The van der Waals surface area contributed by atoms with Crippen LogP contribution in [0.3, 0.4) is 0 Å². The van der Waals surface area contributed by atoms with Gasteiger partial charge in [0.15, 0.2) is 0 Å². The minimum atomic E-state index is 0.616. The Balaban J connectivity index is 1.97. The molecule has 0 saturated carbocycles. The van der Waals surface area contributed by atoms with E-state index in [1.165, 1.54) is 24.9 Å². The molecule has 1 atom stereocenters. The molecule has 3 nitrogen and oxygen atoms in total. The van der Waals surface area contributed by atoms with Gasteiger partial charge in [-0.15, -0.1) is 0 Å². The second-order valence-corrected chi connectivity index (χ2v) is 5.89. The fraction of sp³-hybridized carbons (Fsp3) is 0.625. The van der Waals surface area contributed by atoms with Crippen molar-refractivity contribution in [1.82, 2.24) is 5.32 Å². The predicted octanol–water partition coefficient (Wildman–Crippen LogP) is 3.45. The van der Waals surface area contributed by atoms with Crippen LogP contribution in [-0.4, -0.2) is 32.8 Å². The van der Waals surface area contributed by atoms with Crippen LogP contribution in [0.5, 0.6) is 0 Å². The summed E-state index contributed by atoms with van der Waals surface area (Å²) in [7, 11) is 1.71. The molecule has 0 spiro atoms. The van der Waals surface area contributed by atoms with Crippen LogP contribution in [0, 0.1) is 0 Å². The largest absolute Gasteiger partial charge is 0.383 e. The minimum Gasteiger partial charge on any atom is -0.383 e. The van der Waals surface area contributed by atoms with E-state index in [1.807, 2.05) is 0 Å². The van der Waals surface area contributed by atoms with Crippen LogP contribution < -0.4 is 10.2 Å². The second kappa shape index (κ2) is 7.87. The van der Waals surface area contributed by atoms with Crippen LogP contribution in [0.15, 0.2) is 18.2 Å². The summed E-state index contributed by atoms with van der Waals surface area (Å²) in [4.78, 5) is 2.47. The topological polar surface area (TPSA) is 24.5 Å². The SMILES string of the molecule is COCCNCc1ccc(N2CCCCC2C)cc1Cl. The van der Waals surface area contributed by atoms with Crippen LogP contribution in [0.1, 0.15) is 31.7 Å². The Hall–Kier alpha value is -0.770. The number of halogens is 1. The summed E-state index contributed by atoms with van der Waals surface area (Å²) < 4.78 is 5.02. The second-order valence-electron chi connectivity index (χ2n) is 5.48. The van der Waals surface area contributed by atoms with Crippen molar-refractivity contribution in [3.8, 4) is 0 Å². The monoisotopic (exact) mass is 296 g/mol. The molecule has 1 heterocycles. The molecular formula is C16H25ClN2O. The molecule has 0 amide bonds. The van der Waals surface area contributed by atoms with Gasteiger partial charge in [0.25, 0.3) is 0 Å². The van der Waals surface area contributed by atoms with Crippen LogP contribution in [0.2, 0.25) is 5.02 Å². The average Bonchev–Trinajstić information content (AvgIpc) is 2.45. The van der Waals surface area contributed by atoms with Gasteiger partial charge in [-0.1, -0.05) is 17.7 Å². The average molecular weight is 297 g/mol. The third kappa shape index (κ3) is 4.11. The van der Waals surface area contributed by atoms with Crippen LogP contribution in [0.25, 0.3) is 0 Å². The number of methoxy groups -OCH3 is 1. The number of nitrogens with one attached hydrogen (secondary N) is 1.